The van der Waals surface area contributed by atoms with Crippen LogP contribution in [0.3, 0.4) is 0 Å². The molecule has 1 saturated carbocycles. The van der Waals surface area contributed by atoms with Gasteiger partial charge in [-0.2, -0.15) is 0 Å². The molecule has 1 rings (SSSR count). The Labute approximate surface area is 92.9 Å². The lowest BCUT2D eigenvalue weighted by atomic mass is 9.77. The second kappa shape index (κ2) is 5.28. The molecule has 15 heavy (non-hydrogen) atoms. The van der Waals surface area contributed by atoms with Crippen molar-refractivity contribution >= 4 is 0 Å². The van der Waals surface area contributed by atoms with E-state index in [1.165, 1.54) is 12.8 Å². The second-order valence-electron chi connectivity index (χ2n) is 5.40. The molecule has 1 fully saturated rings. The first-order chi connectivity index (χ1) is 7.02. The van der Waals surface area contributed by atoms with E-state index in [1.807, 2.05) is 6.92 Å². The molecule has 0 aliphatic heterocycles. The SMILES string of the molecule is CC1CCCC(NC(C)(CO)CO)C1C. The van der Waals surface area contributed by atoms with Gasteiger partial charge in [-0.15, -0.1) is 0 Å². The predicted octanol–water partition coefficient (Wildman–Crippen LogP) is 1.14. The first kappa shape index (κ1) is 12.9. The lowest BCUT2D eigenvalue weighted by Gasteiger charge is -2.40. The molecule has 0 spiro atoms. The molecule has 0 heterocycles. The van der Waals surface area contributed by atoms with E-state index in [1.54, 1.807) is 0 Å². The zero-order chi connectivity index (χ0) is 11.5. The summed E-state index contributed by atoms with van der Waals surface area (Å²) in [6.45, 7) is 6.39. The van der Waals surface area contributed by atoms with Crippen molar-refractivity contribution in [3.8, 4) is 0 Å². The lowest BCUT2D eigenvalue weighted by Crippen LogP contribution is -2.56. The lowest BCUT2D eigenvalue weighted by molar-refractivity contribution is 0.0704. The fourth-order valence-corrected chi connectivity index (χ4v) is 2.37. The van der Waals surface area contributed by atoms with Gasteiger partial charge in [0.25, 0.3) is 0 Å². The van der Waals surface area contributed by atoms with Crippen LogP contribution in [0.5, 0.6) is 0 Å². The summed E-state index contributed by atoms with van der Waals surface area (Å²) in [5.41, 5.74) is -0.532. The van der Waals surface area contributed by atoms with Crippen LogP contribution in [0.1, 0.15) is 40.0 Å². The van der Waals surface area contributed by atoms with E-state index in [9.17, 15) is 10.2 Å². The van der Waals surface area contributed by atoms with Crippen LogP contribution in [0.2, 0.25) is 0 Å². The topological polar surface area (TPSA) is 52.5 Å². The summed E-state index contributed by atoms with van der Waals surface area (Å²) in [5, 5.41) is 21.9. The van der Waals surface area contributed by atoms with Crippen LogP contribution in [-0.2, 0) is 0 Å². The number of hydrogen-bond acceptors (Lipinski definition) is 3. The van der Waals surface area contributed by atoms with E-state index >= 15 is 0 Å². The van der Waals surface area contributed by atoms with Crippen molar-refractivity contribution in [1.82, 2.24) is 5.32 Å². The summed E-state index contributed by atoms with van der Waals surface area (Å²) >= 11 is 0. The molecule has 0 aromatic heterocycles. The summed E-state index contributed by atoms with van der Waals surface area (Å²) in [6, 6.07) is 0.429. The Morgan fingerprint density at radius 2 is 1.80 bits per heavy atom. The third-order valence-corrected chi connectivity index (χ3v) is 3.94. The zero-order valence-electron chi connectivity index (χ0n) is 10.2. The van der Waals surface area contributed by atoms with Gasteiger partial charge in [-0.1, -0.05) is 26.7 Å². The van der Waals surface area contributed by atoms with Crippen LogP contribution in [0.25, 0.3) is 0 Å². The summed E-state index contributed by atoms with van der Waals surface area (Å²) in [6.07, 6.45) is 3.70. The van der Waals surface area contributed by atoms with E-state index in [0.717, 1.165) is 12.3 Å². The van der Waals surface area contributed by atoms with Crippen LogP contribution < -0.4 is 5.32 Å². The molecule has 0 aromatic carbocycles. The summed E-state index contributed by atoms with van der Waals surface area (Å²) in [4.78, 5) is 0. The molecule has 3 unspecified atom stereocenters. The highest BCUT2D eigenvalue weighted by Gasteiger charge is 2.32. The number of aliphatic hydroxyl groups excluding tert-OH is 2. The van der Waals surface area contributed by atoms with E-state index < -0.39 is 5.54 Å². The summed E-state index contributed by atoms with van der Waals surface area (Å²) in [7, 11) is 0. The van der Waals surface area contributed by atoms with Gasteiger partial charge in [0, 0.05) is 6.04 Å². The predicted molar refractivity (Wildman–Crippen MR) is 61.7 cm³/mol. The number of hydrogen-bond donors (Lipinski definition) is 3. The molecular weight excluding hydrogens is 190 g/mol. The van der Waals surface area contributed by atoms with Gasteiger partial charge in [-0.05, 0) is 25.2 Å². The molecule has 0 radical (unpaired) electrons. The minimum Gasteiger partial charge on any atom is -0.394 e. The second-order valence-corrected chi connectivity index (χ2v) is 5.40. The van der Waals surface area contributed by atoms with Crippen LogP contribution in [0, 0.1) is 11.8 Å². The molecule has 1 aliphatic rings. The van der Waals surface area contributed by atoms with Crippen molar-refractivity contribution < 1.29 is 10.2 Å². The van der Waals surface area contributed by atoms with Crippen molar-refractivity contribution in [2.75, 3.05) is 13.2 Å². The molecule has 3 N–H and O–H groups in total. The van der Waals surface area contributed by atoms with Crippen LogP contribution in [-0.4, -0.2) is 35.0 Å². The largest absolute Gasteiger partial charge is 0.394 e. The van der Waals surface area contributed by atoms with Crippen LogP contribution >= 0.6 is 0 Å². The highest BCUT2D eigenvalue weighted by Crippen LogP contribution is 2.30. The maximum absolute atomic E-state index is 9.25. The molecule has 1 aliphatic carbocycles. The quantitative estimate of drug-likeness (QED) is 0.659. The average molecular weight is 215 g/mol. The fourth-order valence-electron chi connectivity index (χ4n) is 2.37. The van der Waals surface area contributed by atoms with Crippen LogP contribution in [0.4, 0.5) is 0 Å². The Bertz CT molecular complexity index is 192. The first-order valence-electron chi connectivity index (χ1n) is 6.02. The minimum absolute atomic E-state index is 0.0128. The third kappa shape index (κ3) is 3.16. The first-order valence-corrected chi connectivity index (χ1v) is 6.02. The van der Waals surface area contributed by atoms with Crippen LogP contribution in [0.15, 0.2) is 0 Å². The van der Waals surface area contributed by atoms with Gasteiger partial charge in [-0.25, -0.2) is 0 Å². The van der Waals surface area contributed by atoms with Gasteiger partial charge in [-0.3, -0.25) is 0 Å². The Kier molecular flexibility index (Phi) is 4.56. The van der Waals surface area contributed by atoms with Crippen molar-refractivity contribution in [3.63, 3.8) is 0 Å². The maximum Gasteiger partial charge on any atom is 0.0633 e. The molecule has 0 bridgehead atoms. The number of aliphatic hydroxyl groups is 2. The molecule has 3 atom stereocenters. The Morgan fingerprint density at radius 1 is 1.20 bits per heavy atom. The van der Waals surface area contributed by atoms with E-state index in [2.05, 4.69) is 19.2 Å². The van der Waals surface area contributed by atoms with Gasteiger partial charge in [0.15, 0.2) is 0 Å². The summed E-state index contributed by atoms with van der Waals surface area (Å²) in [5.74, 6) is 1.36. The maximum atomic E-state index is 9.25. The molecular formula is C12H25NO2. The third-order valence-electron chi connectivity index (χ3n) is 3.94. The summed E-state index contributed by atoms with van der Waals surface area (Å²) < 4.78 is 0. The molecule has 3 nitrogen and oxygen atoms in total. The van der Waals surface area contributed by atoms with E-state index in [-0.39, 0.29) is 13.2 Å². The van der Waals surface area contributed by atoms with Gasteiger partial charge in [0.05, 0.1) is 18.8 Å². The highest BCUT2D eigenvalue weighted by molar-refractivity contribution is 4.90. The van der Waals surface area contributed by atoms with Crippen molar-refractivity contribution in [3.05, 3.63) is 0 Å². The molecule has 0 saturated heterocycles. The molecule has 0 amide bonds. The zero-order valence-corrected chi connectivity index (χ0v) is 10.2. The fraction of sp³-hybridized carbons (Fsp3) is 1.00. The number of nitrogens with one attached hydrogen (secondary N) is 1. The smallest absolute Gasteiger partial charge is 0.0633 e. The highest BCUT2D eigenvalue weighted by atomic mass is 16.3. The van der Waals surface area contributed by atoms with E-state index in [4.69, 9.17) is 0 Å². The van der Waals surface area contributed by atoms with Gasteiger partial charge >= 0.3 is 0 Å². The normalized spacial score (nSPS) is 33.0. The average Bonchev–Trinajstić information content (AvgIpc) is 2.25. The van der Waals surface area contributed by atoms with Crippen molar-refractivity contribution in [1.29, 1.82) is 0 Å². The molecule has 90 valence electrons. The monoisotopic (exact) mass is 215 g/mol. The Balaban J connectivity index is 2.56. The Morgan fingerprint density at radius 3 is 2.33 bits per heavy atom. The molecule has 0 aromatic rings. The van der Waals surface area contributed by atoms with Crippen molar-refractivity contribution in [2.24, 2.45) is 11.8 Å². The molecule has 3 heteroatoms. The van der Waals surface area contributed by atoms with Crippen molar-refractivity contribution in [2.45, 2.75) is 51.6 Å². The number of rotatable bonds is 4. The van der Waals surface area contributed by atoms with Gasteiger partial charge in [0.1, 0.15) is 0 Å². The van der Waals surface area contributed by atoms with Gasteiger partial charge in [0.2, 0.25) is 0 Å². The minimum atomic E-state index is -0.532. The van der Waals surface area contributed by atoms with Gasteiger partial charge < -0.3 is 15.5 Å². The van der Waals surface area contributed by atoms with E-state index in [0.29, 0.717) is 12.0 Å². The standard InChI is InChI=1S/C12H25NO2/c1-9-5-4-6-11(10(9)2)13-12(3,7-14)8-15/h9-11,13-15H,4-8H2,1-3H3. The Hall–Kier alpha value is -0.120.